The first-order valence-corrected chi connectivity index (χ1v) is 8.03. The van der Waals surface area contributed by atoms with Crippen molar-refractivity contribution in [2.75, 3.05) is 20.1 Å². The highest BCUT2D eigenvalue weighted by molar-refractivity contribution is 5.21. The fourth-order valence-electron chi connectivity index (χ4n) is 2.87. The summed E-state index contributed by atoms with van der Waals surface area (Å²) in [6.45, 7) is 13.2. The van der Waals surface area contributed by atoms with Gasteiger partial charge in [0.05, 0.1) is 5.69 Å². The number of hydrogen-bond donors (Lipinski definition) is 1. The van der Waals surface area contributed by atoms with Gasteiger partial charge in [-0.2, -0.15) is 0 Å². The lowest BCUT2D eigenvalue weighted by Gasteiger charge is -2.25. The third-order valence-electron chi connectivity index (χ3n) is 4.55. The number of aromatic nitrogens is 2. The summed E-state index contributed by atoms with van der Waals surface area (Å²) in [5.41, 5.74) is 2.73. The third kappa shape index (κ3) is 3.23. The number of rotatable bonds is 6. The molecule has 2 heterocycles. The summed E-state index contributed by atoms with van der Waals surface area (Å²) < 4.78 is 2.49. The van der Waals surface area contributed by atoms with Crippen LogP contribution in [0, 0.1) is 0 Å². The molecule has 1 atom stereocenters. The molecule has 1 aromatic rings. The van der Waals surface area contributed by atoms with E-state index in [1.54, 1.807) is 0 Å². The molecule has 0 amide bonds. The minimum Gasteiger partial charge on any atom is -0.330 e. The Labute approximate surface area is 123 Å². The summed E-state index contributed by atoms with van der Waals surface area (Å²) in [4.78, 5) is 7.33. The smallest absolute Gasteiger partial charge is 0.111 e. The minimum atomic E-state index is 0.495. The highest BCUT2D eigenvalue weighted by Gasteiger charge is 2.21. The van der Waals surface area contributed by atoms with Crippen LogP contribution in [0.2, 0.25) is 0 Å². The summed E-state index contributed by atoms with van der Waals surface area (Å²) in [5.74, 6) is 1.76. The van der Waals surface area contributed by atoms with Gasteiger partial charge < -0.3 is 14.8 Å². The Morgan fingerprint density at radius 1 is 1.35 bits per heavy atom. The topological polar surface area (TPSA) is 33.1 Å². The Bertz CT molecular complexity index is 436. The molecule has 1 aliphatic rings. The van der Waals surface area contributed by atoms with Crippen LogP contribution in [0.1, 0.15) is 57.2 Å². The fourth-order valence-corrected chi connectivity index (χ4v) is 2.87. The van der Waals surface area contributed by atoms with Crippen LogP contribution in [0.25, 0.3) is 0 Å². The molecular formula is C16H30N4. The number of fused-ring (bicyclic) bond motifs is 1. The van der Waals surface area contributed by atoms with E-state index in [4.69, 9.17) is 4.98 Å². The summed E-state index contributed by atoms with van der Waals surface area (Å²) >= 11 is 0. The maximum atomic E-state index is 4.88. The van der Waals surface area contributed by atoms with Crippen LogP contribution in [-0.2, 0) is 19.5 Å². The second kappa shape index (κ2) is 6.72. The van der Waals surface area contributed by atoms with Crippen molar-refractivity contribution in [1.29, 1.82) is 0 Å². The molecular weight excluding hydrogens is 248 g/mol. The van der Waals surface area contributed by atoms with E-state index in [1.165, 1.54) is 23.6 Å². The highest BCUT2D eigenvalue weighted by atomic mass is 15.2. The molecule has 4 nitrogen and oxygen atoms in total. The first-order chi connectivity index (χ1) is 9.54. The second-order valence-electron chi connectivity index (χ2n) is 6.33. The molecule has 114 valence electrons. The maximum Gasteiger partial charge on any atom is 0.111 e. The molecule has 1 N–H and O–H groups in total. The molecule has 1 aromatic heterocycles. The fraction of sp³-hybridized carbons (Fsp3) is 0.812. The average molecular weight is 278 g/mol. The number of nitrogens with one attached hydrogen (secondary N) is 1. The first-order valence-electron chi connectivity index (χ1n) is 8.03. The van der Waals surface area contributed by atoms with Crippen molar-refractivity contribution in [2.45, 2.75) is 65.6 Å². The highest BCUT2D eigenvalue weighted by Crippen LogP contribution is 2.21. The molecule has 0 saturated heterocycles. The molecule has 0 aromatic carbocycles. The van der Waals surface area contributed by atoms with Crippen LogP contribution in [0.3, 0.4) is 0 Å². The van der Waals surface area contributed by atoms with E-state index in [9.17, 15) is 0 Å². The zero-order valence-corrected chi connectivity index (χ0v) is 13.7. The standard InChI is InChI=1S/C16H30N4/c1-6-13(4)19(5)9-10-20-15-7-8-17-11-14(15)18-16(20)12(2)3/h12-13,17H,6-11H2,1-5H3. The van der Waals surface area contributed by atoms with Gasteiger partial charge in [-0.3, -0.25) is 0 Å². The Morgan fingerprint density at radius 2 is 2.10 bits per heavy atom. The predicted molar refractivity (Wildman–Crippen MR) is 84.1 cm³/mol. The van der Waals surface area contributed by atoms with E-state index in [-0.39, 0.29) is 0 Å². The van der Waals surface area contributed by atoms with E-state index < -0.39 is 0 Å². The summed E-state index contributed by atoms with van der Waals surface area (Å²) in [7, 11) is 2.23. The number of nitrogens with zero attached hydrogens (tertiary/aromatic N) is 3. The molecule has 0 spiro atoms. The van der Waals surface area contributed by atoms with Crippen molar-refractivity contribution in [1.82, 2.24) is 19.8 Å². The van der Waals surface area contributed by atoms with Crippen molar-refractivity contribution < 1.29 is 0 Å². The molecule has 0 radical (unpaired) electrons. The van der Waals surface area contributed by atoms with Crippen molar-refractivity contribution >= 4 is 0 Å². The largest absolute Gasteiger partial charge is 0.330 e. The zero-order valence-electron chi connectivity index (χ0n) is 13.7. The Kier molecular flexibility index (Phi) is 5.22. The van der Waals surface area contributed by atoms with E-state index in [0.717, 1.165) is 32.6 Å². The van der Waals surface area contributed by atoms with Gasteiger partial charge in [-0.1, -0.05) is 20.8 Å². The number of imidazole rings is 1. The summed E-state index contributed by atoms with van der Waals surface area (Å²) in [6.07, 6.45) is 2.32. The zero-order chi connectivity index (χ0) is 14.7. The van der Waals surface area contributed by atoms with E-state index in [2.05, 4.69) is 49.5 Å². The summed E-state index contributed by atoms with van der Waals surface area (Å²) in [6, 6.07) is 0.651. The Balaban J connectivity index is 2.15. The summed E-state index contributed by atoms with van der Waals surface area (Å²) in [5, 5.41) is 3.43. The van der Waals surface area contributed by atoms with Crippen molar-refractivity contribution in [2.24, 2.45) is 0 Å². The molecule has 0 aliphatic carbocycles. The molecule has 20 heavy (non-hydrogen) atoms. The number of likely N-dealkylation sites (N-methyl/N-ethyl adjacent to an activating group) is 1. The normalized spacial score (nSPS) is 16.8. The second-order valence-corrected chi connectivity index (χ2v) is 6.33. The van der Waals surface area contributed by atoms with Crippen LogP contribution in [0.4, 0.5) is 0 Å². The average Bonchev–Trinajstić information content (AvgIpc) is 2.82. The maximum absolute atomic E-state index is 4.88. The lowest BCUT2D eigenvalue weighted by Crippen LogP contribution is -2.32. The van der Waals surface area contributed by atoms with Gasteiger partial charge in [0, 0.05) is 50.3 Å². The van der Waals surface area contributed by atoms with Crippen LogP contribution in [0.15, 0.2) is 0 Å². The number of hydrogen-bond acceptors (Lipinski definition) is 3. The van der Waals surface area contributed by atoms with Crippen molar-refractivity contribution in [3.05, 3.63) is 17.2 Å². The molecule has 0 bridgehead atoms. The molecule has 0 fully saturated rings. The van der Waals surface area contributed by atoms with Gasteiger partial charge in [0.15, 0.2) is 0 Å². The minimum absolute atomic E-state index is 0.495. The van der Waals surface area contributed by atoms with Crippen LogP contribution in [0.5, 0.6) is 0 Å². The lowest BCUT2D eigenvalue weighted by atomic mass is 10.1. The van der Waals surface area contributed by atoms with Gasteiger partial charge in [-0.15, -0.1) is 0 Å². The SMILES string of the molecule is CCC(C)N(C)CCn1c(C(C)C)nc2c1CCNC2. The van der Waals surface area contributed by atoms with E-state index >= 15 is 0 Å². The monoisotopic (exact) mass is 278 g/mol. The molecule has 2 rings (SSSR count). The van der Waals surface area contributed by atoms with Gasteiger partial charge in [-0.25, -0.2) is 4.98 Å². The third-order valence-corrected chi connectivity index (χ3v) is 4.55. The van der Waals surface area contributed by atoms with Crippen LogP contribution in [-0.4, -0.2) is 40.6 Å². The van der Waals surface area contributed by atoms with E-state index in [0.29, 0.717) is 12.0 Å². The van der Waals surface area contributed by atoms with E-state index in [1.807, 2.05) is 0 Å². The van der Waals surface area contributed by atoms with Gasteiger partial charge in [-0.05, 0) is 20.4 Å². The Hall–Kier alpha value is -0.870. The lowest BCUT2D eigenvalue weighted by molar-refractivity contribution is 0.240. The Morgan fingerprint density at radius 3 is 2.75 bits per heavy atom. The van der Waals surface area contributed by atoms with Gasteiger partial charge in [0.1, 0.15) is 5.82 Å². The molecule has 1 aliphatic heterocycles. The van der Waals surface area contributed by atoms with Gasteiger partial charge in [0.25, 0.3) is 0 Å². The van der Waals surface area contributed by atoms with Gasteiger partial charge >= 0.3 is 0 Å². The molecule has 0 saturated carbocycles. The van der Waals surface area contributed by atoms with Crippen LogP contribution < -0.4 is 5.32 Å². The van der Waals surface area contributed by atoms with Gasteiger partial charge in [0.2, 0.25) is 0 Å². The predicted octanol–water partition coefficient (Wildman–Crippen LogP) is 2.38. The van der Waals surface area contributed by atoms with Crippen LogP contribution >= 0.6 is 0 Å². The van der Waals surface area contributed by atoms with Crippen molar-refractivity contribution in [3.63, 3.8) is 0 Å². The molecule has 4 heteroatoms. The quantitative estimate of drug-likeness (QED) is 0.867. The first kappa shape index (κ1) is 15.5. The molecule has 1 unspecified atom stereocenters. The van der Waals surface area contributed by atoms with Crippen molar-refractivity contribution in [3.8, 4) is 0 Å².